The predicted molar refractivity (Wildman–Crippen MR) is 93.3 cm³/mol. The van der Waals surface area contributed by atoms with Gasteiger partial charge in [-0.25, -0.2) is 0 Å². The Bertz CT molecular complexity index is 974. The second kappa shape index (κ2) is 5.69. The van der Waals surface area contributed by atoms with Crippen molar-refractivity contribution in [1.82, 2.24) is 0 Å². The van der Waals surface area contributed by atoms with Crippen LogP contribution in [0.2, 0.25) is 0 Å². The summed E-state index contributed by atoms with van der Waals surface area (Å²) < 4.78 is 0. The van der Waals surface area contributed by atoms with Crippen molar-refractivity contribution >= 4 is 27.6 Å². The number of benzene rings is 3. The summed E-state index contributed by atoms with van der Waals surface area (Å²) in [6.07, 6.45) is 1.08. The molecule has 4 N–H and O–H groups in total. The number of hydrogen-bond acceptors (Lipinski definition) is 4. The summed E-state index contributed by atoms with van der Waals surface area (Å²) in [4.78, 5) is 0. The Morgan fingerprint density at radius 2 is 1.58 bits per heavy atom. The summed E-state index contributed by atoms with van der Waals surface area (Å²) in [5.74, 6) is 0. The molecule has 0 saturated heterocycles. The van der Waals surface area contributed by atoms with Crippen LogP contribution in [0.4, 0.5) is 0 Å². The highest BCUT2D eigenvalue weighted by molar-refractivity contribution is 6.11. The van der Waals surface area contributed by atoms with Gasteiger partial charge in [-0.15, -0.1) is 0 Å². The van der Waals surface area contributed by atoms with E-state index in [1.165, 1.54) is 6.08 Å². The minimum absolute atomic E-state index is 0.184. The van der Waals surface area contributed by atoms with Crippen molar-refractivity contribution in [3.05, 3.63) is 64.7 Å². The zero-order valence-electron chi connectivity index (χ0n) is 13.0. The van der Waals surface area contributed by atoms with Gasteiger partial charge >= 0.3 is 0 Å². The van der Waals surface area contributed by atoms with E-state index in [0.29, 0.717) is 22.3 Å². The molecule has 24 heavy (non-hydrogen) atoms. The van der Waals surface area contributed by atoms with Crippen molar-refractivity contribution in [2.75, 3.05) is 0 Å². The molecule has 0 heterocycles. The first-order chi connectivity index (χ1) is 11.7. The lowest BCUT2D eigenvalue weighted by atomic mass is 9.81. The van der Waals surface area contributed by atoms with Crippen LogP contribution in [-0.4, -0.2) is 26.5 Å². The van der Waals surface area contributed by atoms with Crippen LogP contribution in [0.5, 0.6) is 0 Å². The maximum atomic E-state index is 10.5. The van der Waals surface area contributed by atoms with Crippen molar-refractivity contribution in [2.45, 2.75) is 25.4 Å². The molecule has 0 spiro atoms. The molecule has 4 rings (SSSR count). The molecular weight excluding hydrogens is 304 g/mol. The standard InChI is InChI=1S/C20H18O4/c21-9-15-13-6-5-11-3-1-2-4-12(11)18(13)16(10-22)19-14(15)7-8-17(23)20(19)24/h1-8,17,20-24H,9-10H2/t17-,20+/m0/s1. The second-order valence-electron chi connectivity index (χ2n) is 6.10. The van der Waals surface area contributed by atoms with E-state index in [4.69, 9.17) is 0 Å². The lowest BCUT2D eigenvalue weighted by Gasteiger charge is -2.28. The Labute approximate surface area is 138 Å². The van der Waals surface area contributed by atoms with Crippen molar-refractivity contribution in [2.24, 2.45) is 0 Å². The highest BCUT2D eigenvalue weighted by Crippen LogP contribution is 2.41. The number of aliphatic hydroxyl groups excluding tert-OH is 4. The fourth-order valence-corrected chi connectivity index (χ4v) is 3.79. The predicted octanol–water partition coefficient (Wildman–Crippen LogP) is 2.40. The first-order valence-electron chi connectivity index (χ1n) is 7.92. The molecule has 0 bridgehead atoms. The quantitative estimate of drug-likeness (QED) is 0.546. The molecule has 3 aromatic rings. The Morgan fingerprint density at radius 3 is 2.33 bits per heavy atom. The number of fused-ring (bicyclic) bond motifs is 4. The van der Waals surface area contributed by atoms with Gasteiger partial charge in [0, 0.05) is 0 Å². The van der Waals surface area contributed by atoms with Gasteiger partial charge in [0.05, 0.1) is 13.2 Å². The average molecular weight is 322 g/mol. The summed E-state index contributed by atoms with van der Waals surface area (Å²) >= 11 is 0. The number of hydrogen-bond donors (Lipinski definition) is 4. The van der Waals surface area contributed by atoms with Gasteiger partial charge in [-0.3, -0.25) is 0 Å². The van der Waals surface area contributed by atoms with Gasteiger partial charge in [-0.2, -0.15) is 0 Å². The minimum Gasteiger partial charge on any atom is -0.392 e. The smallest absolute Gasteiger partial charge is 0.109 e. The van der Waals surface area contributed by atoms with Gasteiger partial charge in [-0.1, -0.05) is 48.6 Å². The van der Waals surface area contributed by atoms with Crippen LogP contribution in [-0.2, 0) is 13.2 Å². The van der Waals surface area contributed by atoms with E-state index in [0.717, 1.165) is 21.5 Å². The van der Waals surface area contributed by atoms with Crippen molar-refractivity contribution in [3.63, 3.8) is 0 Å². The van der Waals surface area contributed by atoms with Gasteiger partial charge in [0.1, 0.15) is 12.2 Å². The minimum atomic E-state index is -1.12. The normalized spacial score (nSPS) is 19.8. The van der Waals surface area contributed by atoms with Crippen LogP contribution >= 0.6 is 0 Å². The van der Waals surface area contributed by atoms with E-state index < -0.39 is 12.2 Å². The van der Waals surface area contributed by atoms with Gasteiger partial charge in [-0.05, 0) is 43.8 Å². The van der Waals surface area contributed by atoms with Crippen LogP contribution in [0.1, 0.15) is 28.4 Å². The molecule has 1 aliphatic rings. The molecule has 3 aromatic carbocycles. The van der Waals surface area contributed by atoms with Gasteiger partial charge in [0.15, 0.2) is 0 Å². The zero-order valence-corrected chi connectivity index (χ0v) is 13.0. The van der Waals surface area contributed by atoms with Crippen LogP contribution in [0, 0.1) is 0 Å². The molecule has 0 unspecified atom stereocenters. The summed E-state index contributed by atoms with van der Waals surface area (Å²) in [6.45, 7) is -0.438. The Kier molecular flexibility index (Phi) is 3.62. The SMILES string of the molecule is OCc1c2c(c(CO)c3c1ccc1ccccc13)[C@H](O)[C@@H](O)C=C2. The monoisotopic (exact) mass is 322 g/mol. The Balaban J connectivity index is 2.26. The third-order valence-electron chi connectivity index (χ3n) is 4.89. The summed E-state index contributed by atoms with van der Waals surface area (Å²) in [5, 5.41) is 44.1. The van der Waals surface area contributed by atoms with E-state index in [-0.39, 0.29) is 13.2 Å². The molecule has 2 atom stereocenters. The fourth-order valence-electron chi connectivity index (χ4n) is 3.79. The van der Waals surface area contributed by atoms with Crippen molar-refractivity contribution in [3.8, 4) is 0 Å². The highest BCUT2D eigenvalue weighted by Gasteiger charge is 2.29. The second-order valence-corrected chi connectivity index (χ2v) is 6.10. The summed E-state index contributed by atoms with van der Waals surface area (Å²) in [6, 6.07) is 11.7. The molecule has 0 aromatic heterocycles. The molecule has 122 valence electrons. The zero-order chi connectivity index (χ0) is 16.8. The topological polar surface area (TPSA) is 80.9 Å². The van der Waals surface area contributed by atoms with E-state index >= 15 is 0 Å². The van der Waals surface area contributed by atoms with Crippen LogP contribution in [0.3, 0.4) is 0 Å². The largest absolute Gasteiger partial charge is 0.392 e. The summed E-state index contributed by atoms with van der Waals surface area (Å²) in [5.41, 5.74) is 2.48. The molecule has 0 saturated carbocycles. The fraction of sp³-hybridized carbons (Fsp3) is 0.200. The maximum absolute atomic E-state index is 10.5. The van der Waals surface area contributed by atoms with Gasteiger partial charge in [0.2, 0.25) is 0 Å². The molecular formula is C20H18O4. The number of rotatable bonds is 2. The third kappa shape index (κ3) is 2.01. The molecule has 0 amide bonds. The van der Waals surface area contributed by atoms with E-state index in [1.54, 1.807) is 6.08 Å². The van der Waals surface area contributed by atoms with Crippen molar-refractivity contribution in [1.29, 1.82) is 0 Å². The molecule has 0 aliphatic heterocycles. The van der Waals surface area contributed by atoms with Crippen LogP contribution in [0.25, 0.3) is 27.6 Å². The van der Waals surface area contributed by atoms with E-state index in [9.17, 15) is 20.4 Å². The molecule has 0 radical (unpaired) electrons. The Hall–Kier alpha value is -2.24. The van der Waals surface area contributed by atoms with Crippen molar-refractivity contribution < 1.29 is 20.4 Å². The molecule has 0 fully saturated rings. The van der Waals surface area contributed by atoms with E-state index in [2.05, 4.69) is 0 Å². The molecule has 1 aliphatic carbocycles. The maximum Gasteiger partial charge on any atom is 0.109 e. The third-order valence-corrected chi connectivity index (χ3v) is 4.89. The Morgan fingerprint density at radius 1 is 0.833 bits per heavy atom. The van der Waals surface area contributed by atoms with Gasteiger partial charge < -0.3 is 20.4 Å². The number of aliphatic hydroxyl groups is 4. The highest BCUT2D eigenvalue weighted by atomic mass is 16.3. The molecule has 4 nitrogen and oxygen atoms in total. The first-order valence-corrected chi connectivity index (χ1v) is 7.92. The van der Waals surface area contributed by atoms with Crippen LogP contribution < -0.4 is 0 Å². The van der Waals surface area contributed by atoms with Gasteiger partial charge in [0.25, 0.3) is 0 Å². The molecule has 4 heteroatoms. The lowest BCUT2D eigenvalue weighted by molar-refractivity contribution is 0.0456. The van der Waals surface area contributed by atoms with Crippen LogP contribution in [0.15, 0.2) is 42.5 Å². The first kappa shape index (κ1) is 15.3. The summed E-state index contributed by atoms with van der Waals surface area (Å²) in [7, 11) is 0. The lowest BCUT2D eigenvalue weighted by Crippen LogP contribution is -2.22. The van der Waals surface area contributed by atoms with E-state index in [1.807, 2.05) is 36.4 Å². The average Bonchev–Trinajstić information content (AvgIpc) is 2.62.